The van der Waals surface area contributed by atoms with Crippen LogP contribution in [0.2, 0.25) is 0 Å². The predicted molar refractivity (Wildman–Crippen MR) is 84.3 cm³/mol. The van der Waals surface area contributed by atoms with Crippen LogP contribution in [0, 0.1) is 0 Å². The van der Waals surface area contributed by atoms with Gasteiger partial charge in [0.05, 0.1) is 16.3 Å². The summed E-state index contributed by atoms with van der Waals surface area (Å²) in [6.07, 6.45) is 3.04. The first-order valence-electron chi connectivity index (χ1n) is 6.26. The molecule has 0 amide bonds. The quantitative estimate of drug-likeness (QED) is 0.551. The zero-order chi connectivity index (χ0) is 15.4. The number of thioether (sulfide) groups is 1. The van der Waals surface area contributed by atoms with E-state index in [9.17, 15) is 13.2 Å². The van der Waals surface area contributed by atoms with Crippen LogP contribution in [0.25, 0.3) is 0 Å². The molecule has 1 saturated heterocycles. The summed E-state index contributed by atoms with van der Waals surface area (Å²) < 4.78 is 29.8. The molecule has 0 aromatic heterocycles. The first-order chi connectivity index (χ1) is 9.27. The maximum Gasteiger partial charge on any atom is 0.322 e. The van der Waals surface area contributed by atoms with Crippen molar-refractivity contribution < 1.29 is 17.9 Å². The lowest BCUT2D eigenvalue weighted by Gasteiger charge is -2.39. The Bertz CT molecular complexity index is 470. The molecule has 0 bridgehead atoms. The highest BCUT2D eigenvalue weighted by atomic mass is 32.2. The summed E-state index contributed by atoms with van der Waals surface area (Å²) in [5.74, 6) is -1.33. The number of esters is 1. The van der Waals surface area contributed by atoms with E-state index in [1.54, 1.807) is 18.7 Å². The molecule has 1 aliphatic heterocycles. The van der Waals surface area contributed by atoms with Crippen LogP contribution in [0.4, 0.5) is 0 Å². The fraction of sp³-hybridized carbons (Fsp3) is 0.818. The molecular formula is C11H20N2O4S3. The van der Waals surface area contributed by atoms with E-state index in [0.29, 0.717) is 30.9 Å². The molecule has 20 heavy (non-hydrogen) atoms. The number of nitrogens with zero attached hydrogens (tertiary/aromatic N) is 1. The van der Waals surface area contributed by atoms with E-state index in [2.05, 4.69) is 4.74 Å². The van der Waals surface area contributed by atoms with Gasteiger partial charge >= 0.3 is 5.97 Å². The van der Waals surface area contributed by atoms with Gasteiger partial charge in [-0.25, -0.2) is 12.7 Å². The molecule has 0 aromatic carbocycles. The number of rotatable bonds is 6. The van der Waals surface area contributed by atoms with Crippen LogP contribution in [0.5, 0.6) is 0 Å². The second kappa shape index (κ2) is 7.06. The first-order valence-corrected chi connectivity index (χ1v) is 9.50. The highest BCUT2D eigenvalue weighted by Crippen LogP contribution is 2.35. The number of hydrogen-bond donors (Lipinski definition) is 1. The second-order valence-electron chi connectivity index (χ2n) is 4.52. The van der Waals surface area contributed by atoms with Crippen molar-refractivity contribution in [3.8, 4) is 0 Å². The van der Waals surface area contributed by atoms with Crippen LogP contribution >= 0.6 is 24.0 Å². The Morgan fingerprint density at radius 3 is 2.40 bits per heavy atom. The Morgan fingerprint density at radius 2 is 2.00 bits per heavy atom. The topological polar surface area (TPSA) is 89.7 Å². The molecule has 1 rings (SSSR count). The number of thiocarbonyl (C=S) groups is 1. The van der Waals surface area contributed by atoms with E-state index in [1.807, 2.05) is 6.26 Å². The highest BCUT2D eigenvalue weighted by Gasteiger charge is 2.40. The van der Waals surface area contributed by atoms with E-state index in [1.165, 1.54) is 4.31 Å². The third-order valence-electron chi connectivity index (χ3n) is 3.37. The first kappa shape index (κ1) is 17.7. The van der Waals surface area contributed by atoms with Gasteiger partial charge in [-0.1, -0.05) is 12.2 Å². The Hall–Kier alpha value is -0.380. The minimum atomic E-state index is -3.62. The van der Waals surface area contributed by atoms with Crippen molar-refractivity contribution in [2.24, 2.45) is 5.73 Å². The highest BCUT2D eigenvalue weighted by molar-refractivity contribution is 8.02. The van der Waals surface area contributed by atoms with Crippen LogP contribution in [0.15, 0.2) is 0 Å². The van der Waals surface area contributed by atoms with E-state index in [4.69, 9.17) is 18.0 Å². The molecule has 0 saturated carbocycles. The largest absolute Gasteiger partial charge is 0.465 e. The second-order valence-corrected chi connectivity index (χ2v) is 8.12. The van der Waals surface area contributed by atoms with Gasteiger partial charge in [0.1, 0.15) is 0 Å². The molecule has 9 heteroatoms. The van der Waals surface area contributed by atoms with Crippen LogP contribution in [-0.2, 0) is 19.6 Å². The van der Waals surface area contributed by atoms with Gasteiger partial charge in [0, 0.05) is 13.1 Å². The van der Waals surface area contributed by atoms with Gasteiger partial charge in [-0.05, 0) is 26.0 Å². The van der Waals surface area contributed by atoms with Crippen molar-refractivity contribution in [2.45, 2.75) is 24.5 Å². The van der Waals surface area contributed by atoms with Crippen molar-refractivity contribution in [1.29, 1.82) is 0 Å². The lowest BCUT2D eigenvalue weighted by Crippen LogP contribution is -2.51. The fourth-order valence-corrected chi connectivity index (χ4v) is 4.67. The maximum atomic E-state index is 12.1. The molecule has 1 fully saturated rings. The lowest BCUT2D eigenvalue weighted by molar-refractivity contribution is -0.140. The third-order valence-corrected chi connectivity index (χ3v) is 7.05. The van der Waals surface area contributed by atoms with Crippen LogP contribution in [-0.4, -0.2) is 60.1 Å². The summed E-state index contributed by atoms with van der Waals surface area (Å²) in [6, 6.07) is 0. The average Bonchev–Trinajstić information content (AvgIpc) is 2.38. The number of carbonyl (C=O) groups excluding carboxylic acids is 1. The maximum absolute atomic E-state index is 12.1. The van der Waals surface area contributed by atoms with Gasteiger partial charge in [0.2, 0.25) is 10.0 Å². The normalized spacial score (nSPS) is 19.5. The molecule has 0 unspecified atom stereocenters. The lowest BCUT2D eigenvalue weighted by atomic mass is 9.97. The molecular weight excluding hydrogens is 320 g/mol. The summed E-state index contributed by atoms with van der Waals surface area (Å²) in [5.41, 5.74) is 5.76. The monoisotopic (exact) mass is 340 g/mol. The number of hydrogen-bond acceptors (Lipinski definition) is 6. The van der Waals surface area contributed by atoms with Crippen molar-refractivity contribution >= 4 is 45.0 Å². The average molecular weight is 340 g/mol. The van der Waals surface area contributed by atoms with E-state index in [-0.39, 0.29) is 11.4 Å². The van der Waals surface area contributed by atoms with Crippen molar-refractivity contribution in [3.63, 3.8) is 0 Å². The van der Waals surface area contributed by atoms with Crippen molar-refractivity contribution in [1.82, 2.24) is 4.31 Å². The van der Waals surface area contributed by atoms with Crippen LogP contribution in [0.3, 0.4) is 0 Å². The minimum absolute atomic E-state index is 0.172. The van der Waals surface area contributed by atoms with Gasteiger partial charge in [-0.15, -0.1) is 0 Å². The molecule has 1 aliphatic rings. The van der Waals surface area contributed by atoms with Gasteiger partial charge in [-0.2, -0.15) is 11.8 Å². The molecule has 0 atom stereocenters. The predicted octanol–water partition coefficient (Wildman–Crippen LogP) is 0.363. The zero-order valence-electron chi connectivity index (χ0n) is 11.6. The SMILES string of the molecule is CCOC(=O)CS(=O)(=O)N1CCC(SC)(C(N)=S)CC1. The molecule has 0 radical (unpaired) electrons. The number of ether oxygens (including phenoxy) is 1. The van der Waals surface area contributed by atoms with Crippen molar-refractivity contribution in [3.05, 3.63) is 0 Å². The standard InChI is InChI=1S/C11H20N2O4S3/c1-3-17-9(14)8-20(15,16)13-6-4-11(19-2,5-7-13)10(12)18/h3-8H2,1-2H3,(H2,12,18). The van der Waals surface area contributed by atoms with E-state index < -0.39 is 21.7 Å². The molecule has 2 N–H and O–H groups in total. The van der Waals surface area contributed by atoms with Gasteiger partial charge < -0.3 is 10.5 Å². The van der Waals surface area contributed by atoms with Gasteiger partial charge in [0.15, 0.2) is 5.75 Å². The smallest absolute Gasteiger partial charge is 0.322 e. The van der Waals surface area contributed by atoms with Gasteiger partial charge in [-0.3, -0.25) is 4.79 Å². The molecule has 1 heterocycles. The summed E-state index contributed by atoms with van der Waals surface area (Å²) in [5, 5.41) is 0. The van der Waals surface area contributed by atoms with Gasteiger partial charge in [0.25, 0.3) is 0 Å². The zero-order valence-corrected chi connectivity index (χ0v) is 14.1. The number of carbonyl (C=O) groups is 1. The fourth-order valence-electron chi connectivity index (χ4n) is 2.12. The van der Waals surface area contributed by atoms with Crippen molar-refractivity contribution in [2.75, 3.05) is 31.7 Å². The van der Waals surface area contributed by atoms with E-state index in [0.717, 1.165) is 0 Å². The Balaban J connectivity index is 2.69. The van der Waals surface area contributed by atoms with Crippen LogP contribution < -0.4 is 5.73 Å². The summed E-state index contributed by atoms with van der Waals surface area (Å²) in [6.45, 7) is 2.45. The number of sulfonamides is 1. The summed E-state index contributed by atoms with van der Waals surface area (Å²) >= 11 is 6.63. The summed E-state index contributed by atoms with van der Waals surface area (Å²) in [7, 11) is -3.62. The Kier molecular flexibility index (Phi) is 6.24. The molecule has 116 valence electrons. The number of nitrogens with two attached hydrogens (primary N) is 1. The Morgan fingerprint density at radius 1 is 1.45 bits per heavy atom. The molecule has 6 nitrogen and oxygen atoms in total. The summed E-state index contributed by atoms with van der Waals surface area (Å²) in [4.78, 5) is 11.7. The Labute approximate surface area is 129 Å². The number of piperidine rings is 1. The minimum Gasteiger partial charge on any atom is -0.465 e. The van der Waals surface area contributed by atoms with Crippen LogP contribution in [0.1, 0.15) is 19.8 Å². The third kappa shape index (κ3) is 4.06. The van der Waals surface area contributed by atoms with E-state index >= 15 is 0 Å². The molecule has 0 spiro atoms. The molecule has 0 aromatic rings. The molecule has 0 aliphatic carbocycles.